The molecule has 1 aliphatic rings. The third kappa shape index (κ3) is 4.09. The minimum atomic E-state index is -0.295. The van der Waals surface area contributed by atoms with Gasteiger partial charge in [-0.15, -0.1) is 0 Å². The molecule has 7 heteroatoms. The molecule has 0 saturated heterocycles. The van der Waals surface area contributed by atoms with Crippen LogP contribution in [0.15, 0.2) is 54.6 Å². The number of nitrogens with zero attached hydrogens (tertiary/aromatic N) is 1. The lowest BCUT2D eigenvalue weighted by molar-refractivity contribution is 0.0693. The Kier molecular flexibility index (Phi) is 6.82. The number of amides is 1. The summed E-state index contributed by atoms with van der Waals surface area (Å²) in [5.74, 6) is 2.49. The van der Waals surface area contributed by atoms with Crippen molar-refractivity contribution in [2.75, 3.05) is 42.1 Å². The first-order chi connectivity index (χ1) is 16.6. The van der Waals surface area contributed by atoms with E-state index in [4.69, 9.17) is 23.7 Å². The Balaban J connectivity index is 1.84. The van der Waals surface area contributed by atoms with Gasteiger partial charge in [0.15, 0.2) is 23.0 Å². The van der Waals surface area contributed by atoms with Crippen LogP contribution in [0.5, 0.6) is 28.7 Å². The summed E-state index contributed by atoms with van der Waals surface area (Å²) in [4.78, 5) is 15.8. The molecule has 7 nitrogen and oxygen atoms in total. The molecule has 0 saturated carbocycles. The number of hydrogen-bond donors (Lipinski definition) is 0. The van der Waals surface area contributed by atoms with Crippen molar-refractivity contribution in [1.82, 2.24) is 4.90 Å². The first kappa shape index (κ1) is 23.3. The van der Waals surface area contributed by atoms with Gasteiger partial charge in [-0.2, -0.15) is 0 Å². The molecule has 1 amide bonds. The lowest BCUT2D eigenvalue weighted by Crippen LogP contribution is -2.40. The van der Waals surface area contributed by atoms with E-state index in [0.29, 0.717) is 47.3 Å². The van der Waals surface area contributed by atoms with Crippen LogP contribution in [0.4, 0.5) is 0 Å². The van der Waals surface area contributed by atoms with E-state index in [1.54, 1.807) is 26.4 Å². The van der Waals surface area contributed by atoms with Gasteiger partial charge in [0.25, 0.3) is 5.91 Å². The van der Waals surface area contributed by atoms with E-state index in [2.05, 4.69) is 0 Å². The van der Waals surface area contributed by atoms with Gasteiger partial charge in [-0.25, -0.2) is 0 Å². The molecule has 4 rings (SSSR count). The first-order valence-electron chi connectivity index (χ1n) is 11.0. The highest BCUT2D eigenvalue weighted by atomic mass is 16.5. The van der Waals surface area contributed by atoms with Crippen LogP contribution in [-0.4, -0.2) is 52.9 Å². The number of methoxy groups -OCH3 is 5. The monoisotopic (exact) mass is 463 g/mol. The van der Waals surface area contributed by atoms with Crippen molar-refractivity contribution in [2.24, 2.45) is 0 Å². The molecule has 178 valence electrons. The fourth-order valence-electron chi connectivity index (χ4n) is 4.53. The third-order valence-electron chi connectivity index (χ3n) is 6.16. The largest absolute Gasteiger partial charge is 0.493 e. The number of fused-ring (bicyclic) bond motifs is 1. The van der Waals surface area contributed by atoms with Gasteiger partial charge in [0.2, 0.25) is 5.75 Å². The summed E-state index contributed by atoms with van der Waals surface area (Å²) < 4.78 is 27.5. The van der Waals surface area contributed by atoms with Crippen LogP contribution < -0.4 is 23.7 Å². The molecular weight excluding hydrogens is 434 g/mol. The van der Waals surface area contributed by atoms with Crippen LogP contribution in [0.2, 0.25) is 0 Å². The van der Waals surface area contributed by atoms with Crippen molar-refractivity contribution in [2.45, 2.75) is 12.5 Å². The van der Waals surface area contributed by atoms with Crippen LogP contribution >= 0.6 is 0 Å². The molecular formula is C27H29NO6. The smallest absolute Gasteiger partial charge is 0.254 e. The van der Waals surface area contributed by atoms with E-state index >= 15 is 0 Å². The Hall–Kier alpha value is -3.87. The second kappa shape index (κ2) is 9.95. The van der Waals surface area contributed by atoms with E-state index in [0.717, 1.165) is 16.7 Å². The molecule has 1 heterocycles. The lowest BCUT2D eigenvalue weighted by atomic mass is 9.87. The van der Waals surface area contributed by atoms with Gasteiger partial charge < -0.3 is 28.6 Å². The highest BCUT2D eigenvalue weighted by Gasteiger charge is 2.34. The number of benzene rings is 3. The average Bonchev–Trinajstić information content (AvgIpc) is 2.90. The highest BCUT2D eigenvalue weighted by Crippen LogP contribution is 2.43. The predicted molar refractivity (Wildman–Crippen MR) is 129 cm³/mol. The lowest BCUT2D eigenvalue weighted by Gasteiger charge is -2.38. The summed E-state index contributed by atoms with van der Waals surface area (Å²) in [7, 11) is 7.85. The summed E-state index contributed by atoms with van der Waals surface area (Å²) in [6, 6.07) is 17.1. The van der Waals surface area contributed by atoms with Crippen LogP contribution in [0.3, 0.4) is 0 Å². The molecule has 3 aromatic rings. The van der Waals surface area contributed by atoms with Crippen LogP contribution in [0.25, 0.3) is 0 Å². The Morgan fingerprint density at radius 3 is 1.91 bits per heavy atom. The zero-order valence-corrected chi connectivity index (χ0v) is 20.1. The molecule has 1 aliphatic heterocycles. The van der Waals surface area contributed by atoms with E-state index in [1.165, 1.54) is 21.3 Å². The fourth-order valence-corrected chi connectivity index (χ4v) is 4.53. The second-order valence-electron chi connectivity index (χ2n) is 7.88. The summed E-state index contributed by atoms with van der Waals surface area (Å²) in [6.45, 7) is 0.539. The number of ether oxygens (including phenoxy) is 5. The fraction of sp³-hybridized carbons (Fsp3) is 0.296. The van der Waals surface area contributed by atoms with Crippen LogP contribution in [0.1, 0.15) is 33.1 Å². The Bertz CT molecular complexity index is 1150. The molecule has 34 heavy (non-hydrogen) atoms. The molecule has 1 atom stereocenters. The van der Waals surface area contributed by atoms with Gasteiger partial charge in [0, 0.05) is 12.1 Å². The normalized spacial score (nSPS) is 14.7. The van der Waals surface area contributed by atoms with Gasteiger partial charge in [-0.3, -0.25) is 4.79 Å². The number of carbonyl (C=O) groups excluding carboxylic acids is 1. The number of hydrogen-bond acceptors (Lipinski definition) is 6. The zero-order chi connectivity index (χ0) is 24.2. The van der Waals surface area contributed by atoms with Crippen molar-refractivity contribution in [3.8, 4) is 28.7 Å². The van der Waals surface area contributed by atoms with Gasteiger partial charge in [0.1, 0.15) is 0 Å². The Labute approximate surface area is 199 Å². The maximum Gasteiger partial charge on any atom is 0.254 e. The summed E-state index contributed by atoms with van der Waals surface area (Å²) in [6.07, 6.45) is 0.690. The predicted octanol–water partition coefficient (Wildman–Crippen LogP) is 4.52. The van der Waals surface area contributed by atoms with Crippen LogP contribution in [-0.2, 0) is 6.42 Å². The molecule has 0 fully saturated rings. The quantitative estimate of drug-likeness (QED) is 0.513. The number of carbonyl (C=O) groups is 1. The molecule has 0 bridgehead atoms. The molecule has 1 unspecified atom stereocenters. The SMILES string of the molecule is COc1cc2c(cc1OC)C(c1ccccc1)N(C(=O)c1cc(OC)c(OC)c(OC)c1)CC2. The molecule has 0 N–H and O–H groups in total. The summed E-state index contributed by atoms with van der Waals surface area (Å²) in [5, 5.41) is 0. The minimum Gasteiger partial charge on any atom is -0.493 e. The minimum absolute atomic E-state index is 0.131. The standard InChI is InChI=1S/C27H29NO6/c1-30-21-13-18-11-12-28(25(17-9-7-6-8-10-17)20(18)16-22(21)31-2)27(29)19-14-23(32-3)26(34-5)24(15-19)33-4/h6-10,13-16,25H,11-12H2,1-5H3. The van der Waals surface area contributed by atoms with Crippen molar-refractivity contribution in [3.63, 3.8) is 0 Å². The maximum absolute atomic E-state index is 13.9. The molecule has 0 aromatic heterocycles. The van der Waals surface area contributed by atoms with Gasteiger partial charge in [0.05, 0.1) is 41.6 Å². The van der Waals surface area contributed by atoms with E-state index in [-0.39, 0.29) is 11.9 Å². The van der Waals surface area contributed by atoms with Crippen molar-refractivity contribution in [3.05, 3.63) is 76.9 Å². The highest BCUT2D eigenvalue weighted by molar-refractivity contribution is 5.96. The van der Waals surface area contributed by atoms with E-state index < -0.39 is 0 Å². The first-order valence-corrected chi connectivity index (χ1v) is 11.0. The average molecular weight is 464 g/mol. The van der Waals surface area contributed by atoms with Gasteiger partial charge >= 0.3 is 0 Å². The Morgan fingerprint density at radius 1 is 0.765 bits per heavy atom. The third-order valence-corrected chi connectivity index (χ3v) is 6.16. The van der Waals surface area contributed by atoms with Crippen molar-refractivity contribution < 1.29 is 28.5 Å². The van der Waals surface area contributed by atoms with E-state index in [9.17, 15) is 4.79 Å². The maximum atomic E-state index is 13.9. The molecule has 0 radical (unpaired) electrons. The molecule has 3 aromatic carbocycles. The topological polar surface area (TPSA) is 66.5 Å². The van der Waals surface area contributed by atoms with E-state index in [1.807, 2.05) is 47.4 Å². The van der Waals surface area contributed by atoms with Crippen molar-refractivity contribution >= 4 is 5.91 Å². The Morgan fingerprint density at radius 2 is 1.35 bits per heavy atom. The summed E-state index contributed by atoms with van der Waals surface area (Å²) in [5.41, 5.74) is 3.60. The zero-order valence-electron chi connectivity index (χ0n) is 20.1. The second-order valence-corrected chi connectivity index (χ2v) is 7.88. The molecule has 0 spiro atoms. The van der Waals surface area contributed by atoms with Gasteiger partial charge in [-0.1, -0.05) is 30.3 Å². The van der Waals surface area contributed by atoms with Gasteiger partial charge in [-0.05, 0) is 47.4 Å². The summed E-state index contributed by atoms with van der Waals surface area (Å²) >= 11 is 0. The molecule has 0 aliphatic carbocycles. The number of rotatable bonds is 7. The van der Waals surface area contributed by atoms with Crippen LogP contribution in [0, 0.1) is 0 Å². The van der Waals surface area contributed by atoms with Crippen molar-refractivity contribution in [1.29, 1.82) is 0 Å².